The first-order valence-corrected chi connectivity index (χ1v) is 6.55. The van der Waals surface area contributed by atoms with Crippen molar-refractivity contribution in [2.24, 2.45) is 5.73 Å². The van der Waals surface area contributed by atoms with Gasteiger partial charge in [0, 0.05) is 16.3 Å². The lowest BCUT2D eigenvalue weighted by atomic mass is 10.2. The van der Waals surface area contributed by atoms with E-state index in [1.807, 2.05) is 11.3 Å². The van der Waals surface area contributed by atoms with Gasteiger partial charge >= 0.3 is 0 Å². The molecular formula is C12H22N2S. The largest absolute Gasteiger partial charge is 0.329 e. The van der Waals surface area contributed by atoms with Crippen LogP contribution in [0.1, 0.15) is 36.1 Å². The Labute approximate surface area is 97.1 Å². The van der Waals surface area contributed by atoms with Crippen LogP contribution >= 0.6 is 11.3 Å². The second-order valence-electron chi connectivity index (χ2n) is 3.83. The molecule has 86 valence electrons. The summed E-state index contributed by atoms with van der Waals surface area (Å²) in [5, 5.41) is 0. The van der Waals surface area contributed by atoms with Crippen LogP contribution in [-0.4, -0.2) is 24.5 Å². The van der Waals surface area contributed by atoms with E-state index in [0.717, 1.165) is 13.1 Å². The molecule has 2 N–H and O–H groups in total. The Morgan fingerprint density at radius 3 is 2.53 bits per heavy atom. The molecule has 0 aromatic carbocycles. The van der Waals surface area contributed by atoms with Gasteiger partial charge in [0.15, 0.2) is 0 Å². The highest BCUT2D eigenvalue weighted by Crippen LogP contribution is 2.26. The van der Waals surface area contributed by atoms with Gasteiger partial charge in [0.1, 0.15) is 0 Å². The average molecular weight is 226 g/mol. The first-order chi connectivity index (χ1) is 7.22. The number of rotatable bonds is 6. The Kier molecular flexibility index (Phi) is 5.29. The first-order valence-electron chi connectivity index (χ1n) is 5.73. The lowest BCUT2D eigenvalue weighted by Crippen LogP contribution is -2.33. The van der Waals surface area contributed by atoms with Crippen LogP contribution in [0.5, 0.6) is 0 Å². The van der Waals surface area contributed by atoms with Crippen molar-refractivity contribution in [1.29, 1.82) is 0 Å². The Hall–Kier alpha value is -0.380. The maximum Gasteiger partial charge on any atom is 0.0564 e. The number of nitrogens with zero attached hydrogens (tertiary/aromatic N) is 1. The number of nitrogens with two attached hydrogens (primary N) is 1. The molecule has 1 aromatic heterocycles. The third kappa shape index (κ3) is 3.30. The van der Waals surface area contributed by atoms with E-state index in [1.165, 1.54) is 16.2 Å². The molecule has 0 saturated carbocycles. The van der Waals surface area contributed by atoms with Crippen LogP contribution in [0.2, 0.25) is 0 Å². The molecule has 1 rings (SSSR count). The summed E-state index contributed by atoms with van der Waals surface area (Å²) in [6, 6.07) is 4.81. The minimum Gasteiger partial charge on any atom is -0.329 e. The van der Waals surface area contributed by atoms with E-state index < -0.39 is 0 Å². The van der Waals surface area contributed by atoms with E-state index >= 15 is 0 Å². The normalized spacial score (nSPS) is 13.4. The van der Waals surface area contributed by atoms with E-state index in [2.05, 4.69) is 37.8 Å². The predicted molar refractivity (Wildman–Crippen MR) is 68.4 cm³/mol. The van der Waals surface area contributed by atoms with Crippen LogP contribution in [0.15, 0.2) is 12.1 Å². The summed E-state index contributed by atoms with van der Waals surface area (Å²) in [5.74, 6) is 0. The molecule has 0 radical (unpaired) electrons. The molecule has 0 aliphatic heterocycles. The third-order valence-corrected chi connectivity index (χ3v) is 3.77. The lowest BCUT2D eigenvalue weighted by molar-refractivity contribution is 0.216. The molecule has 0 aliphatic carbocycles. The van der Waals surface area contributed by atoms with Gasteiger partial charge in [-0.2, -0.15) is 0 Å². The SMILES string of the molecule is CCCN(CC)C(CN)c1ccc(C)s1. The van der Waals surface area contributed by atoms with Crippen molar-refractivity contribution in [2.45, 2.75) is 33.2 Å². The van der Waals surface area contributed by atoms with Gasteiger partial charge in [-0.05, 0) is 38.6 Å². The monoisotopic (exact) mass is 226 g/mol. The zero-order chi connectivity index (χ0) is 11.3. The van der Waals surface area contributed by atoms with Crippen molar-refractivity contribution in [3.05, 3.63) is 21.9 Å². The second kappa shape index (κ2) is 6.26. The van der Waals surface area contributed by atoms with Crippen LogP contribution in [0.25, 0.3) is 0 Å². The van der Waals surface area contributed by atoms with E-state index in [1.54, 1.807) is 0 Å². The van der Waals surface area contributed by atoms with Gasteiger partial charge in [-0.15, -0.1) is 11.3 Å². The molecule has 0 aliphatic rings. The molecule has 1 aromatic rings. The van der Waals surface area contributed by atoms with Crippen LogP contribution in [0, 0.1) is 6.92 Å². The molecular weight excluding hydrogens is 204 g/mol. The molecule has 0 spiro atoms. The summed E-state index contributed by atoms with van der Waals surface area (Å²) < 4.78 is 0. The van der Waals surface area contributed by atoms with E-state index in [-0.39, 0.29) is 0 Å². The van der Waals surface area contributed by atoms with E-state index in [9.17, 15) is 0 Å². The molecule has 1 heterocycles. The minimum atomic E-state index is 0.411. The smallest absolute Gasteiger partial charge is 0.0564 e. The van der Waals surface area contributed by atoms with Gasteiger partial charge in [0.05, 0.1) is 6.04 Å². The Morgan fingerprint density at radius 2 is 2.13 bits per heavy atom. The van der Waals surface area contributed by atoms with Crippen molar-refractivity contribution < 1.29 is 0 Å². The average Bonchev–Trinajstić information content (AvgIpc) is 2.64. The Balaban J connectivity index is 2.76. The number of thiophene rings is 1. The van der Waals surface area contributed by atoms with Crippen LogP contribution in [0.3, 0.4) is 0 Å². The van der Waals surface area contributed by atoms with Crippen LogP contribution in [-0.2, 0) is 0 Å². The standard InChI is InChI=1S/C12H22N2S/c1-4-8-14(5-2)11(9-13)12-7-6-10(3)15-12/h6-7,11H,4-5,8-9,13H2,1-3H3. The van der Waals surface area contributed by atoms with Crippen molar-refractivity contribution in [1.82, 2.24) is 4.90 Å². The molecule has 2 nitrogen and oxygen atoms in total. The molecule has 15 heavy (non-hydrogen) atoms. The molecule has 0 amide bonds. The Bertz CT molecular complexity index is 283. The van der Waals surface area contributed by atoms with Gasteiger partial charge in [0.25, 0.3) is 0 Å². The summed E-state index contributed by atoms with van der Waals surface area (Å²) in [4.78, 5) is 5.24. The summed E-state index contributed by atoms with van der Waals surface area (Å²) in [7, 11) is 0. The minimum absolute atomic E-state index is 0.411. The number of hydrogen-bond acceptors (Lipinski definition) is 3. The highest BCUT2D eigenvalue weighted by Gasteiger charge is 2.17. The maximum atomic E-state index is 5.89. The summed E-state index contributed by atoms with van der Waals surface area (Å²) in [5.41, 5.74) is 5.89. The van der Waals surface area contributed by atoms with Crippen LogP contribution in [0.4, 0.5) is 0 Å². The van der Waals surface area contributed by atoms with Crippen molar-refractivity contribution >= 4 is 11.3 Å². The van der Waals surface area contributed by atoms with Gasteiger partial charge < -0.3 is 5.73 Å². The molecule has 0 saturated heterocycles. The maximum absolute atomic E-state index is 5.89. The van der Waals surface area contributed by atoms with Crippen molar-refractivity contribution in [3.63, 3.8) is 0 Å². The number of aryl methyl sites for hydroxylation is 1. The third-order valence-electron chi connectivity index (χ3n) is 2.67. The number of hydrogen-bond donors (Lipinski definition) is 1. The van der Waals surface area contributed by atoms with Gasteiger partial charge in [0.2, 0.25) is 0 Å². The number of likely N-dealkylation sites (N-methyl/N-ethyl adjacent to an activating group) is 1. The molecule has 1 unspecified atom stereocenters. The second-order valence-corrected chi connectivity index (χ2v) is 5.15. The summed E-state index contributed by atoms with van der Waals surface area (Å²) in [6.45, 7) is 9.50. The fourth-order valence-corrected chi connectivity index (χ4v) is 2.92. The predicted octanol–water partition coefficient (Wildman–Crippen LogP) is 2.79. The quantitative estimate of drug-likeness (QED) is 0.808. The van der Waals surface area contributed by atoms with E-state index in [0.29, 0.717) is 12.6 Å². The van der Waals surface area contributed by atoms with Gasteiger partial charge in [-0.25, -0.2) is 0 Å². The molecule has 1 atom stereocenters. The van der Waals surface area contributed by atoms with Crippen molar-refractivity contribution in [2.75, 3.05) is 19.6 Å². The van der Waals surface area contributed by atoms with E-state index in [4.69, 9.17) is 5.73 Å². The zero-order valence-corrected chi connectivity index (χ0v) is 10.8. The van der Waals surface area contributed by atoms with Crippen molar-refractivity contribution in [3.8, 4) is 0 Å². The highest BCUT2D eigenvalue weighted by atomic mass is 32.1. The van der Waals surface area contributed by atoms with Crippen LogP contribution < -0.4 is 5.73 Å². The molecule has 3 heteroatoms. The zero-order valence-electron chi connectivity index (χ0n) is 9.99. The van der Waals surface area contributed by atoms with Gasteiger partial charge in [-0.1, -0.05) is 13.8 Å². The Morgan fingerprint density at radius 1 is 1.40 bits per heavy atom. The summed E-state index contributed by atoms with van der Waals surface area (Å²) in [6.07, 6.45) is 1.19. The fourth-order valence-electron chi connectivity index (χ4n) is 1.90. The molecule has 0 fully saturated rings. The summed E-state index contributed by atoms with van der Waals surface area (Å²) >= 11 is 1.87. The molecule has 0 bridgehead atoms. The topological polar surface area (TPSA) is 29.3 Å². The fraction of sp³-hybridized carbons (Fsp3) is 0.667. The first kappa shape index (κ1) is 12.7. The lowest BCUT2D eigenvalue weighted by Gasteiger charge is -2.28. The highest BCUT2D eigenvalue weighted by molar-refractivity contribution is 7.12. The van der Waals surface area contributed by atoms with Gasteiger partial charge in [-0.3, -0.25) is 4.90 Å².